The predicted molar refractivity (Wildman–Crippen MR) is 129 cm³/mol. The molecule has 0 aliphatic carbocycles. The van der Waals surface area contributed by atoms with Gasteiger partial charge in [-0.2, -0.15) is 5.26 Å². The summed E-state index contributed by atoms with van der Waals surface area (Å²) in [6.45, 7) is 0. The average Bonchev–Trinajstić information content (AvgIpc) is 2.85. The molecule has 0 atom stereocenters. The van der Waals surface area contributed by atoms with E-state index >= 15 is 0 Å². The molecule has 4 aromatic rings. The maximum absolute atomic E-state index is 13.5. The number of aromatic nitrogens is 2. The van der Waals surface area contributed by atoms with Crippen LogP contribution in [0.4, 0.5) is 21.6 Å². The summed E-state index contributed by atoms with van der Waals surface area (Å²) in [6.07, 6.45) is 2.86. The molecule has 0 bridgehead atoms. The number of benzene rings is 3. The van der Waals surface area contributed by atoms with Crippen LogP contribution in [0, 0.1) is 17.1 Å². The van der Waals surface area contributed by atoms with Gasteiger partial charge in [0, 0.05) is 17.1 Å². The quantitative estimate of drug-likeness (QED) is 0.274. The molecule has 34 heavy (non-hydrogen) atoms. The van der Waals surface area contributed by atoms with Crippen LogP contribution >= 0.6 is 11.6 Å². The minimum absolute atomic E-state index is 0.0350. The number of nitrogens with one attached hydrogen (secondary N) is 2. The zero-order valence-corrected chi connectivity index (χ0v) is 18.6. The van der Waals surface area contributed by atoms with Crippen LogP contribution in [0.3, 0.4) is 0 Å². The van der Waals surface area contributed by atoms with Crippen molar-refractivity contribution in [3.63, 3.8) is 0 Å². The highest BCUT2D eigenvalue weighted by Crippen LogP contribution is 2.34. The molecule has 0 spiro atoms. The lowest BCUT2D eigenvalue weighted by Gasteiger charge is -2.14. The van der Waals surface area contributed by atoms with E-state index in [-0.39, 0.29) is 10.6 Å². The highest BCUT2D eigenvalue weighted by atomic mass is 35.5. The van der Waals surface area contributed by atoms with Crippen molar-refractivity contribution in [2.24, 2.45) is 0 Å². The summed E-state index contributed by atoms with van der Waals surface area (Å²) in [7, 11) is 1.46. The van der Waals surface area contributed by atoms with E-state index in [1.807, 2.05) is 24.3 Å². The summed E-state index contributed by atoms with van der Waals surface area (Å²) in [6, 6.07) is 18.5. The van der Waals surface area contributed by atoms with Gasteiger partial charge in [0.2, 0.25) is 0 Å². The number of methoxy groups -OCH3 is 1. The van der Waals surface area contributed by atoms with E-state index in [1.165, 1.54) is 37.7 Å². The van der Waals surface area contributed by atoms with Crippen molar-refractivity contribution in [2.45, 2.75) is 0 Å². The molecule has 7 nitrogen and oxygen atoms in total. The fourth-order valence-electron chi connectivity index (χ4n) is 3.21. The van der Waals surface area contributed by atoms with Crippen LogP contribution in [0.2, 0.25) is 5.02 Å². The Morgan fingerprint density at radius 1 is 1.15 bits per heavy atom. The number of rotatable bonds is 6. The number of carbonyl (C=O) groups excluding carboxylic acids is 1. The maximum Gasteiger partial charge on any atom is 0.266 e. The van der Waals surface area contributed by atoms with Gasteiger partial charge in [0.05, 0.1) is 23.3 Å². The van der Waals surface area contributed by atoms with E-state index in [4.69, 9.17) is 16.3 Å². The zero-order valence-electron chi connectivity index (χ0n) is 17.8. The van der Waals surface area contributed by atoms with Gasteiger partial charge in [-0.3, -0.25) is 4.79 Å². The summed E-state index contributed by atoms with van der Waals surface area (Å²) in [5, 5.41) is 15.8. The molecular weight excluding hydrogens is 457 g/mol. The van der Waals surface area contributed by atoms with Crippen LogP contribution in [0.25, 0.3) is 17.0 Å². The zero-order chi connectivity index (χ0) is 24.1. The molecule has 0 aliphatic heterocycles. The molecule has 168 valence electrons. The molecule has 3 aromatic carbocycles. The van der Waals surface area contributed by atoms with Crippen LogP contribution in [0.1, 0.15) is 5.56 Å². The smallest absolute Gasteiger partial charge is 0.266 e. The number of nitriles is 1. The molecule has 0 unspecified atom stereocenters. The predicted octanol–water partition coefficient (Wildman–Crippen LogP) is 5.72. The van der Waals surface area contributed by atoms with Gasteiger partial charge in [0.15, 0.2) is 0 Å². The molecule has 0 saturated heterocycles. The lowest BCUT2D eigenvalue weighted by molar-refractivity contribution is -0.112. The first-order chi connectivity index (χ1) is 16.5. The third-order valence-corrected chi connectivity index (χ3v) is 5.15. The van der Waals surface area contributed by atoms with Crippen LogP contribution in [0.5, 0.6) is 5.75 Å². The Balaban J connectivity index is 1.70. The first kappa shape index (κ1) is 22.7. The molecule has 2 N–H and O–H groups in total. The molecule has 0 saturated carbocycles. The fraction of sp³-hybridized carbons (Fsp3) is 0.0400. The van der Waals surface area contributed by atoms with Crippen molar-refractivity contribution >= 4 is 51.7 Å². The number of hydrogen-bond donors (Lipinski definition) is 2. The molecule has 4 rings (SSSR count). The van der Waals surface area contributed by atoms with Gasteiger partial charge in [0.25, 0.3) is 5.91 Å². The molecule has 0 radical (unpaired) electrons. The fourth-order valence-corrected chi connectivity index (χ4v) is 3.40. The Bertz CT molecular complexity index is 1450. The number of nitrogens with zero attached hydrogens (tertiary/aromatic N) is 3. The minimum atomic E-state index is -0.597. The van der Waals surface area contributed by atoms with Crippen molar-refractivity contribution < 1.29 is 13.9 Å². The second kappa shape index (κ2) is 9.98. The van der Waals surface area contributed by atoms with Crippen molar-refractivity contribution in [3.8, 4) is 11.8 Å². The van der Waals surface area contributed by atoms with Crippen molar-refractivity contribution in [3.05, 3.63) is 89.0 Å². The van der Waals surface area contributed by atoms with Gasteiger partial charge in [-0.15, -0.1) is 0 Å². The normalized spacial score (nSPS) is 11.1. The van der Waals surface area contributed by atoms with E-state index in [0.717, 1.165) is 5.56 Å². The number of amides is 1. The molecule has 1 heterocycles. The van der Waals surface area contributed by atoms with E-state index in [1.54, 1.807) is 24.3 Å². The first-order valence-corrected chi connectivity index (χ1v) is 10.4. The number of anilines is 3. The number of hydrogen-bond acceptors (Lipinski definition) is 6. The lowest BCUT2D eigenvalue weighted by Crippen LogP contribution is -2.14. The van der Waals surface area contributed by atoms with Crippen LogP contribution < -0.4 is 15.4 Å². The Morgan fingerprint density at radius 3 is 2.65 bits per heavy atom. The topological polar surface area (TPSA) is 99.9 Å². The first-order valence-electron chi connectivity index (χ1n) is 10.0. The monoisotopic (exact) mass is 473 g/mol. The number of ether oxygens (including phenoxy) is 1. The SMILES string of the molecule is COc1cc2ncnc(Nc3ccc(F)c(Cl)c3)c2cc1NC(=O)C(C#N)=Cc1ccccc1. The maximum atomic E-state index is 13.5. The summed E-state index contributed by atoms with van der Waals surface area (Å²) >= 11 is 5.88. The van der Waals surface area contributed by atoms with Gasteiger partial charge in [-0.25, -0.2) is 14.4 Å². The second-order valence-electron chi connectivity index (χ2n) is 7.08. The van der Waals surface area contributed by atoms with E-state index < -0.39 is 11.7 Å². The molecular formula is C25H17ClFN5O2. The van der Waals surface area contributed by atoms with Gasteiger partial charge in [-0.05, 0) is 35.9 Å². The molecule has 0 fully saturated rings. The van der Waals surface area contributed by atoms with Gasteiger partial charge in [-0.1, -0.05) is 41.9 Å². The minimum Gasteiger partial charge on any atom is -0.494 e. The van der Waals surface area contributed by atoms with E-state index in [0.29, 0.717) is 33.8 Å². The Kier molecular flexibility index (Phi) is 6.67. The Labute approximate surface area is 199 Å². The highest BCUT2D eigenvalue weighted by molar-refractivity contribution is 6.31. The van der Waals surface area contributed by atoms with Crippen molar-refractivity contribution in [2.75, 3.05) is 17.7 Å². The lowest BCUT2D eigenvalue weighted by atomic mass is 10.1. The number of halogens is 2. The highest BCUT2D eigenvalue weighted by Gasteiger charge is 2.16. The second-order valence-corrected chi connectivity index (χ2v) is 7.49. The number of fused-ring (bicyclic) bond motifs is 1. The van der Waals surface area contributed by atoms with Crippen molar-refractivity contribution in [1.82, 2.24) is 9.97 Å². The summed E-state index contributed by atoms with van der Waals surface area (Å²) < 4.78 is 18.9. The van der Waals surface area contributed by atoms with Gasteiger partial charge in [0.1, 0.15) is 35.4 Å². The van der Waals surface area contributed by atoms with E-state index in [9.17, 15) is 14.4 Å². The molecule has 0 aliphatic rings. The molecule has 1 aromatic heterocycles. The Morgan fingerprint density at radius 2 is 1.94 bits per heavy atom. The van der Waals surface area contributed by atoms with Crippen LogP contribution in [-0.4, -0.2) is 23.0 Å². The molecule has 1 amide bonds. The summed E-state index contributed by atoms with van der Waals surface area (Å²) in [4.78, 5) is 21.4. The Hall–Kier alpha value is -4.48. The molecule has 9 heteroatoms. The van der Waals surface area contributed by atoms with Crippen molar-refractivity contribution in [1.29, 1.82) is 5.26 Å². The number of carbonyl (C=O) groups is 1. The third kappa shape index (κ3) is 4.95. The van der Waals surface area contributed by atoms with Gasteiger partial charge < -0.3 is 15.4 Å². The standard InChI is InChI=1S/C25H17ClFN5O2/c1-34-23-12-21-18(24(30-14-29-21)31-17-7-8-20(27)19(26)10-17)11-22(23)32-25(33)16(13-28)9-15-5-3-2-4-6-15/h2-12,14H,1H3,(H,32,33)(H,29,30,31). The summed E-state index contributed by atoms with van der Waals surface area (Å²) in [5.41, 5.74) is 2.03. The third-order valence-electron chi connectivity index (χ3n) is 4.86. The van der Waals surface area contributed by atoms with Crippen LogP contribution in [0.15, 0.2) is 72.6 Å². The summed E-state index contributed by atoms with van der Waals surface area (Å²) in [5.74, 6) is -0.370. The van der Waals surface area contributed by atoms with E-state index in [2.05, 4.69) is 20.6 Å². The largest absolute Gasteiger partial charge is 0.494 e. The van der Waals surface area contributed by atoms with Crippen LogP contribution in [-0.2, 0) is 4.79 Å². The van der Waals surface area contributed by atoms with Gasteiger partial charge >= 0.3 is 0 Å². The average molecular weight is 474 g/mol.